The largest absolute Gasteiger partial charge is 0.481 e. The van der Waals surface area contributed by atoms with Gasteiger partial charge in [0, 0.05) is 24.6 Å². The Morgan fingerprint density at radius 3 is 2.70 bits per heavy atom. The van der Waals surface area contributed by atoms with E-state index in [4.69, 9.17) is 4.55 Å². The van der Waals surface area contributed by atoms with Gasteiger partial charge in [-0.1, -0.05) is 42.1 Å². The summed E-state index contributed by atoms with van der Waals surface area (Å²) in [6.45, 7) is 0.0244. The summed E-state index contributed by atoms with van der Waals surface area (Å²) in [6, 6.07) is 7.43. The number of carbonyl (C=O) groups excluding carboxylic acids is 2. The van der Waals surface area contributed by atoms with Crippen LogP contribution in [0.5, 0.6) is 0 Å². The number of tetrazole rings is 1. The monoisotopic (exact) mass is 572 g/mol. The molecule has 3 heterocycles. The number of aryl methyl sites for hydroxylation is 1. The number of β-lactam (4-membered cyclic amide) rings is 1. The van der Waals surface area contributed by atoms with Gasteiger partial charge in [-0.15, -0.1) is 16.9 Å². The summed E-state index contributed by atoms with van der Waals surface area (Å²) in [5.74, 6) is -2.52. The van der Waals surface area contributed by atoms with Crippen LogP contribution in [0.4, 0.5) is 0 Å². The number of aromatic nitrogens is 4. The molecule has 0 radical (unpaired) electrons. The van der Waals surface area contributed by atoms with Crippen molar-refractivity contribution in [2.45, 2.75) is 35.6 Å². The summed E-state index contributed by atoms with van der Waals surface area (Å²) in [7, 11) is -4.13. The van der Waals surface area contributed by atoms with Crippen LogP contribution in [0.2, 0.25) is 0 Å². The quantitative estimate of drug-likeness (QED) is 0.149. The zero-order chi connectivity index (χ0) is 26.8. The van der Waals surface area contributed by atoms with Crippen LogP contribution in [0.3, 0.4) is 0 Å². The Morgan fingerprint density at radius 1 is 1.30 bits per heavy atom. The lowest BCUT2D eigenvalue weighted by Crippen LogP contribution is -2.74. The number of benzene rings is 1. The summed E-state index contributed by atoms with van der Waals surface area (Å²) in [6.07, 6.45) is -1.37. The number of fused-ring (bicyclic) bond motifs is 1. The predicted molar refractivity (Wildman–Crippen MR) is 131 cm³/mol. The van der Waals surface area contributed by atoms with Gasteiger partial charge in [0.1, 0.15) is 16.8 Å². The van der Waals surface area contributed by atoms with Crippen molar-refractivity contribution < 1.29 is 37.6 Å². The fourth-order valence-electron chi connectivity index (χ4n) is 3.96. The van der Waals surface area contributed by atoms with E-state index in [1.54, 1.807) is 30.3 Å². The fraction of sp³-hybridized carbons (Fsp3) is 0.500. The normalized spacial score (nSPS) is 24.2. The first-order valence-electron chi connectivity index (χ1n) is 11.0. The van der Waals surface area contributed by atoms with Gasteiger partial charge in [0.15, 0.2) is 6.10 Å². The topological polar surface area (TPSA) is 205 Å². The van der Waals surface area contributed by atoms with E-state index in [0.717, 1.165) is 11.8 Å². The predicted octanol–water partition coefficient (Wildman–Crippen LogP) is -0.752. The molecule has 4 rings (SSSR count). The van der Waals surface area contributed by atoms with Crippen LogP contribution in [-0.2, 0) is 31.0 Å². The van der Waals surface area contributed by atoms with Crippen LogP contribution in [0, 0.1) is 5.41 Å². The molecule has 2 aliphatic rings. The third-order valence-corrected chi connectivity index (χ3v) is 9.65. The van der Waals surface area contributed by atoms with Crippen molar-refractivity contribution in [3.63, 3.8) is 0 Å². The molecule has 2 aliphatic heterocycles. The highest BCUT2D eigenvalue weighted by atomic mass is 32.2. The van der Waals surface area contributed by atoms with Gasteiger partial charge in [-0.3, -0.25) is 18.9 Å². The molecule has 2 aromatic rings. The molecule has 2 fully saturated rings. The maximum absolute atomic E-state index is 12.8. The highest BCUT2D eigenvalue weighted by molar-refractivity contribution is 8.00. The third-order valence-electron chi connectivity index (χ3n) is 6.01. The summed E-state index contributed by atoms with van der Waals surface area (Å²) < 4.78 is 32.0. The van der Waals surface area contributed by atoms with Crippen LogP contribution in [0.15, 0.2) is 35.5 Å². The number of carboxylic acids is 1. The number of rotatable bonds is 11. The number of aliphatic carboxylic acids is 1. The van der Waals surface area contributed by atoms with E-state index in [1.165, 1.54) is 21.3 Å². The second-order valence-electron chi connectivity index (χ2n) is 8.67. The van der Waals surface area contributed by atoms with Crippen molar-refractivity contribution >= 4 is 51.4 Å². The second-order valence-corrected chi connectivity index (χ2v) is 12.3. The number of hydrogen-bond acceptors (Lipinski definition) is 11. The zero-order valence-electron chi connectivity index (χ0n) is 19.2. The second kappa shape index (κ2) is 10.9. The molecule has 37 heavy (non-hydrogen) atoms. The molecule has 3 unspecified atom stereocenters. The molecule has 14 nitrogen and oxygen atoms in total. The smallest absolute Gasteiger partial charge is 0.313 e. The molecule has 0 saturated carbocycles. The molecule has 2 amide bonds. The standard InChI is InChI=1S/C20H24N6O8S3/c27-14(12-5-2-1-3-6-12)15(28)21-13-16(29)25-9-20(18(30)31,10-35-17(13)25)11-36-19-22-23-24-26(19)7-4-8-37(32,33)34/h1-3,5-6,13-14,17,27H,4,7-11H2,(H,21,28)(H,30,31)(H,32,33,34)/t13?,14?,17-,20?/m1/s1. The van der Waals surface area contributed by atoms with Gasteiger partial charge in [-0.25, -0.2) is 4.68 Å². The summed E-state index contributed by atoms with van der Waals surface area (Å²) in [4.78, 5) is 39.0. The van der Waals surface area contributed by atoms with E-state index in [1.807, 2.05) is 0 Å². The van der Waals surface area contributed by atoms with E-state index < -0.39 is 56.6 Å². The Labute approximate surface area is 219 Å². The Kier molecular flexibility index (Phi) is 8.08. The maximum Gasteiger partial charge on any atom is 0.313 e. The number of aliphatic hydroxyl groups excluding tert-OH is 1. The van der Waals surface area contributed by atoms with Crippen molar-refractivity contribution in [3.05, 3.63) is 35.9 Å². The molecular weight excluding hydrogens is 548 g/mol. The van der Waals surface area contributed by atoms with Crippen LogP contribution in [0.1, 0.15) is 18.1 Å². The minimum Gasteiger partial charge on any atom is -0.481 e. The Bertz CT molecular complexity index is 1280. The number of carbonyl (C=O) groups is 3. The Balaban J connectivity index is 1.36. The Morgan fingerprint density at radius 2 is 2.03 bits per heavy atom. The first kappa shape index (κ1) is 27.3. The number of hydrogen-bond donors (Lipinski definition) is 4. The minimum absolute atomic E-state index is 0.0360. The van der Waals surface area contributed by atoms with E-state index in [-0.39, 0.29) is 36.2 Å². The maximum atomic E-state index is 12.8. The van der Waals surface area contributed by atoms with E-state index in [2.05, 4.69) is 20.8 Å². The molecular formula is C20H24N6O8S3. The average molecular weight is 573 g/mol. The van der Waals surface area contributed by atoms with Gasteiger partial charge in [0.2, 0.25) is 11.1 Å². The molecule has 4 N–H and O–H groups in total. The summed E-state index contributed by atoms with van der Waals surface area (Å²) in [5.41, 5.74) is -0.923. The van der Waals surface area contributed by atoms with Crippen molar-refractivity contribution in [3.8, 4) is 0 Å². The van der Waals surface area contributed by atoms with Crippen LogP contribution < -0.4 is 5.32 Å². The van der Waals surface area contributed by atoms with Gasteiger partial charge in [-0.05, 0) is 22.4 Å². The van der Waals surface area contributed by atoms with E-state index in [9.17, 15) is 33.0 Å². The molecule has 1 aromatic carbocycles. The first-order chi connectivity index (χ1) is 17.5. The number of thioether (sulfide) groups is 2. The molecule has 4 atom stereocenters. The minimum atomic E-state index is -4.13. The number of amides is 2. The van der Waals surface area contributed by atoms with Crippen molar-refractivity contribution in [1.82, 2.24) is 30.4 Å². The number of carboxylic acid groups (broad SMARTS) is 1. The van der Waals surface area contributed by atoms with Gasteiger partial charge < -0.3 is 20.4 Å². The molecule has 0 bridgehead atoms. The van der Waals surface area contributed by atoms with Gasteiger partial charge in [0.25, 0.3) is 16.0 Å². The van der Waals surface area contributed by atoms with Gasteiger partial charge >= 0.3 is 5.97 Å². The third kappa shape index (κ3) is 6.06. The molecule has 1 aromatic heterocycles. The van der Waals surface area contributed by atoms with Crippen molar-refractivity contribution in [1.29, 1.82) is 0 Å². The van der Waals surface area contributed by atoms with Gasteiger partial charge in [-0.2, -0.15) is 8.42 Å². The molecule has 0 aliphatic carbocycles. The summed E-state index contributed by atoms with van der Waals surface area (Å²) >= 11 is 2.30. The van der Waals surface area contributed by atoms with Crippen molar-refractivity contribution in [2.24, 2.45) is 5.41 Å². The number of nitrogens with zero attached hydrogens (tertiary/aromatic N) is 5. The van der Waals surface area contributed by atoms with Crippen LogP contribution >= 0.6 is 23.5 Å². The Hall–Kier alpha value is -2.73. The van der Waals surface area contributed by atoms with E-state index >= 15 is 0 Å². The highest BCUT2D eigenvalue weighted by Crippen LogP contribution is 2.44. The van der Waals surface area contributed by atoms with Crippen LogP contribution in [0.25, 0.3) is 0 Å². The number of aliphatic hydroxyl groups is 1. The lowest BCUT2D eigenvalue weighted by Gasteiger charge is -2.53. The lowest BCUT2D eigenvalue weighted by molar-refractivity contribution is -0.158. The molecule has 200 valence electrons. The molecule has 0 spiro atoms. The van der Waals surface area contributed by atoms with E-state index in [0.29, 0.717) is 5.56 Å². The first-order valence-corrected chi connectivity index (χ1v) is 14.7. The summed E-state index contributed by atoms with van der Waals surface area (Å²) in [5, 5.41) is 33.9. The fourth-order valence-corrected chi connectivity index (χ4v) is 7.22. The lowest BCUT2D eigenvalue weighted by atomic mass is 9.89. The average Bonchev–Trinajstić information content (AvgIpc) is 3.32. The SMILES string of the molecule is O=C(NC1C(=O)N2CC(CSc3nnnn3CCCS(=O)(=O)O)(C(=O)O)CS[C@H]12)C(O)c1ccccc1. The molecule has 2 saturated heterocycles. The van der Waals surface area contributed by atoms with Crippen molar-refractivity contribution in [2.75, 3.05) is 23.8 Å². The number of nitrogens with one attached hydrogen (secondary N) is 1. The van der Waals surface area contributed by atoms with Gasteiger partial charge in [0.05, 0.1) is 5.75 Å². The highest BCUT2D eigenvalue weighted by Gasteiger charge is 2.57. The molecule has 17 heteroatoms. The van der Waals surface area contributed by atoms with Crippen LogP contribution in [-0.4, -0.2) is 101 Å². The zero-order valence-corrected chi connectivity index (χ0v) is 21.7.